The zero-order chi connectivity index (χ0) is 6.73. The molecule has 0 aliphatic rings. The molecule has 0 radical (unpaired) electrons. The highest BCUT2D eigenvalue weighted by molar-refractivity contribution is 6.02. The molecule has 0 aromatic heterocycles. The van der Waals surface area contributed by atoms with Crippen LogP contribution < -0.4 is 0 Å². The quantitative estimate of drug-likeness (QED) is 0.496. The van der Waals surface area contributed by atoms with Crippen LogP contribution in [0.1, 0.15) is 13.8 Å². The topological polar surface area (TPSA) is 54.4 Å². The van der Waals surface area contributed by atoms with Gasteiger partial charge in [-0.1, -0.05) is 0 Å². The number of carbonyl (C=O) groups is 2. The van der Waals surface area contributed by atoms with E-state index >= 15 is 0 Å². The summed E-state index contributed by atoms with van der Waals surface area (Å²) in [6.07, 6.45) is -1.41. The molecule has 0 fully saturated rings. The van der Waals surface area contributed by atoms with Gasteiger partial charge in [-0.15, -0.1) is 0 Å². The average molecular weight is 116 g/mol. The molecule has 0 aromatic rings. The molecule has 46 valence electrons. The van der Waals surface area contributed by atoms with Crippen LogP contribution in [0.25, 0.3) is 0 Å². The van der Waals surface area contributed by atoms with Gasteiger partial charge in [0, 0.05) is 0 Å². The van der Waals surface area contributed by atoms with Gasteiger partial charge in [0.25, 0.3) is 0 Å². The van der Waals surface area contributed by atoms with E-state index in [9.17, 15) is 9.59 Å². The van der Waals surface area contributed by atoms with Crippen molar-refractivity contribution in [3.8, 4) is 0 Å². The molecular formula is C5H8O3. The molecule has 3 nitrogen and oxygen atoms in total. The summed E-state index contributed by atoms with van der Waals surface area (Å²) in [5, 5.41) is 8.50. The van der Waals surface area contributed by atoms with Crippen LogP contribution >= 0.6 is 0 Å². The third-order valence-corrected chi connectivity index (χ3v) is 0.770. The van der Waals surface area contributed by atoms with Gasteiger partial charge in [0.15, 0.2) is 17.7 Å². The maximum Gasteiger partial charge on any atom is 0.170 e. The third-order valence-electron chi connectivity index (χ3n) is 0.770. The number of Topliss-reactive ketones (excluding diaryl/α,β-unsaturated/α-hetero) is 2. The van der Waals surface area contributed by atoms with Crippen LogP contribution in [0.15, 0.2) is 0 Å². The average Bonchev–Trinajstić information content (AvgIpc) is 1.64. The fraction of sp³-hybridized carbons (Fsp3) is 0.600. The predicted octanol–water partition coefficient (Wildman–Crippen LogP) is -0.475. The second-order valence-electron chi connectivity index (χ2n) is 1.62. The van der Waals surface area contributed by atoms with Crippen LogP contribution in [-0.4, -0.2) is 22.8 Å². The Morgan fingerprint density at radius 2 is 1.50 bits per heavy atom. The number of hydrogen-bond donors (Lipinski definition) is 1. The van der Waals surface area contributed by atoms with Crippen molar-refractivity contribution in [1.82, 2.24) is 0 Å². The number of aliphatic hydroxyl groups excluding tert-OH is 1. The summed E-state index contributed by atoms with van der Waals surface area (Å²) in [4.78, 5) is 20.2. The van der Waals surface area contributed by atoms with Crippen LogP contribution in [0, 0.1) is 0 Å². The largest absolute Gasteiger partial charge is 0.378 e. The van der Waals surface area contributed by atoms with Crippen molar-refractivity contribution in [1.29, 1.82) is 0 Å². The minimum absolute atomic E-state index is 0.502. The lowest BCUT2D eigenvalue weighted by atomic mass is 10.2. The van der Waals surface area contributed by atoms with Crippen molar-refractivity contribution < 1.29 is 14.7 Å². The Bertz CT molecular complexity index is 103. The lowest BCUT2D eigenvalue weighted by Gasteiger charge is -1.97. The molecule has 0 bridgehead atoms. The van der Waals surface area contributed by atoms with Crippen molar-refractivity contribution in [3.05, 3.63) is 0 Å². The second kappa shape index (κ2) is 2.57. The van der Waals surface area contributed by atoms with E-state index in [1.165, 1.54) is 13.8 Å². The summed E-state index contributed by atoms with van der Waals surface area (Å²) < 4.78 is 0. The van der Waals surface area contributed by atoms with Gasteiger partial charge >= 0.3 is 0 Å². The van der Waals surface area contributed by atoms with E-state index in [0.717, 1.165) is 0 Å². The van der Waals surface area contributed by atoms with Gasteiger partial charge in [0.1, 0.15) is 0 Å². The molecule has 8 heavy (non-hydrogen) atoms. The smallest absolute Gasteiger partial charge is 0.170 e. The van der Waals surface area contributed by atoms with Crippen molar-refractivity contribution in [2.75, 3.05) is 0 Å². The molecule has 0 saturated heterocycles. The summed E-state index contributed by atoms with van der Waals surface area (Å²) in [6.45, 7) is 2.35. The van der Waals surface area contributed by atoms with E-state index < -0.39 is 17.7 Å². The van der Waals surface area contributed by atoms with Crippen LogP contribution in [0.4, 0.5) is 0 Å². The van der Waals surface area contributed by atoms with Crippen molar-refractivity contribution >= 4 is 11.6 Å². The Kier molecular flexibility index (Phi) is 2.34. The first-order valence-corrected chi connectivity index (χ1v) is 2.24. The van der Waals surface area contributed by atoms with Crippen LogP contribution in [0.3, 0.4) is 0 Å². The van der Waals surface area contributed by atoms with Gasteiger partial charge in [-0.05, 0) is 13.8 Å². The van der Waals surface area contributed by atoms with E-state index in [1.807, 2.05) is 0 Å². The Morgan fingerprint density at radius 1 is 1.25 bits per heavy atom. The molecule has 0 heterocycles. The van der Waals surface area contributed by atoms with Crippen molar-refractivity contribution in [2.45, 2.75) is 20.0 Å². The molecule has 0 amide bonds. The summed E-state index contributed by atoms with van der Waals surface area (Å²) >= 11 is 0. The first-order valence-electron chi connectivity index (χ1n) is 2.24. The molecule has 0 saturated carbocycles. The minimum atomic E-state index is -1.41. The fourth-order valence-corrected chi connectivity index (χ4v) is 0.286. The van der Waals surface area contributed by atoms with Gasteiger partial charge in [-0.25, -0.2) is 0 Å². The van der Waals surface area contributed by atoms with Gasteiger partial charge < -0.3 is 5.11 Å². The molecule has 3 heteroatoms. The van der Waals surface area contributed by atoms with Crippen molar-refractivity contribution in [2.24, 2.45) is 0 Å². The van der Waals surface area contributed by atoms with Gasteiger partial charge in [0.2, 0.25) is 0 Å². The number of aliphatic hydroxyl groups is 1. The highest BCUT2D eigenvalue weighted by Crippen LogP contribution is 1.84. The fourth-order valence-electron chi connectivity index (χ4n) is 0.286. The molecule has 0 aromatic carbocycles. The van der Waals surface area contributed by atoms with Gasteiger partial charge in [0.05, 0.1) is 0 Å². The standard InChI is InChI=1S/C5H8O3/c1-3(6)5(8)4(2)7/h5,8H,1-2H3. The first-order chi connectivity index (χ1) is 3.55. The summed E-state index contributed by atoms with van der Waals surface area (Å²) in [5.74, 6) is -1.00. The maximum absolute atomic E-state index is 10.1. The summed E-state index contributed by atoms with van der Waals surface area (Å²) in [6, 6.07) is 0. The molecule has 0 rings (SSSR count). The van der Waals surface area contributed by atoms with E-state index in [0.29, 0.717) is 0 Å². The second-order valence-corrected chi connectivity index (χ2v) is 1.62. The number of ketones is 2. The molecule has 0 aliphatic carbocycles. The highest BCUT2D eigenvalue weighted by atomic mass is 16.3. The van der Waals surface area contributed by atoms with E-state index in [1.54, 1.807) is 0 Å². The zero-order valence-electron chi connectivity index (χ0n) is 4.84. The minimum Gasteiger partial charge on any atom is -0.378 e. The Labute approximate surface area is 47.3 Å². The molecule has 0 spiro atoms. The Morgan fingerprint density at radius 3 is 1.50 bits per heavy atom. The monoisotopic (exact) mass is 116 g/mol. The maximum atomic E-state index is 10.1. The first kappa shape index (κ1) is 7.30. The number of carbonyl (C=O) groups excluding carboxylic acids is 2. The molecular weight excluding hydrogens is 108 g/mol. The molecule has 0 unspecified atom stereocenters. The van der Waals surface area contributed by atoms with Crippen LogP contribution in [-0.2, 0) is 9.59 Å². The normalized spacial score (nSPS) is 9.50. The summed E-state index contributed by atoms with van der Waals surface area (Å²) in [5.41, 5.74) is 0. The van der Waals surface area contributed by atoms with E-state index in [2.05, 4.69) is 0 Å². The Balaban J connectivity index is 3.83. The molecule has 1 N–H and O–H groups in total. The van der Waals surface area contributed by atoms with Crippen molar-refractivity contribution in [3.63, 3.8) is 0 Å². The lowest BCUT2D eigenvalue weighted by Crippen LogP contribution is -2.24. The van der Waals surface area contributed by atoms with Crippen LogP contribution in [0.5, 0.6) is 0 Å². The lowest BCUT2D eigenvalue weighted by molar-refractivity contribution is -0.135. The predicted molar refractivity (Wildman–Crippen MR) is 27.4 cm³/mol. The van der Waals surface area contributed by atoms with Gasteiger partial charge in [-0.2, -0.15) is 0 Å². The van der Waals surface area contributed by atoms with E-state index in [4.69, 9.17) is 5.11 Å². The van der Waals surface area contributed by atoms with Gasteiger partial charge in [-0.3, -0.25) is 9.59 Å². The molecule has 0 aliphatic heterocycles. The molecule has 0 atom stereocenters. The Hall–Kier alpha value is -0.700. The third kappa shape index (κ3) is 1.84. The SMILES string of the molecule is CC(=O)C(O)C(C)=O. The highest BCUT2D eigenvalue weighted by Gasteiger charge is 2.13. The zero-order valence-corrected chi connectivity index (χ0v) is 4.84. The number of hydrogen-bond acceptors (Lipinski definition) is 3. The number of rotatable bonds is 2. The summed E-state index contributed by atoms with van der Waals surface area (Å²) in [7, 11) is 0. The van der Waals surface area contributed by atoms with E-state index in [-0.39, 0.29) is 0 Å². The van der Waals surface area contributed by atoms with Crippen LogP contribution in [0.2, 0.25) is 0 Å².